The van der Waals surface area contributed by atoms with Crippen molar-refractivity contribution >= 4 is 51.6 Å². The van der Waals surface area contributed by atoms with Gasteiger partial charge in [0, 0.05) is 10.9 Å². The van der Waals surface area contributed by atoms with Crippen molar-refractivity contribution in [3.05, 3.63) is 80.7 Å². The van der Waals surface area contributed by atoms with E-state index in [9.17, 15) is 4.39 Å². The maximum Gasteiger partial charge on any atom is 0.249 e. The summed E-state index contributed by atoms with van der Waals surface area (Å²) >= 11 is 24.8. The van der Waals surface area contributed by atoms with Gasteiger partial charge in [0.1, 0.15) is 5.17 Å². The summed E-state index contributed by atoms with van der Waals surface area (Å²) in [6, 6.07) is 11.5. The summed E-state index contributed by atoms with van der Waals surface area (Å²) in [7, 11) is 0. The molecule has 0 N–H and O–H groups in total. The number of benzene rings is 2. The molecule has 1 aromatic heterocycles. The van der Waals surface area contributed by atoms with Crippen LogP contribution in [-0.4, -0.2) is 27.3 Å². The first-order valence-electron chi connectivity index (χ1n) is 9.29. The summed E-state index contributed by atoms with van der Waals surface area (Å²) in [5.41, 5.74) is 2.92. The molecule has 0 aliphatic rings. The highest BCUT2D eigenvalue weighted by atomic mass is 35.5. The van der Waals surface area contributed by atoms with Gasteiger partial charge in [-0.15, -0.1) is 16.7 Å². The van der Waals surface area contributed by atoms with Crippen molar-refractivity contribution in [2.75, 3.05) is 5.88 Å². The number of aromatic nitrogens is 2. The van der Waals surface area contributed by atoms with E-state index < -0.39 is 5.82 Å². The molecule has 31 heavy (non-hydrogen) atoms. The molecule has 0 aliphatic heterocycles. The average molecular weight is 501 g/mol. The number of rotatable bonds is 7. The van der Waals surface area contributed by atoms with Gasteiger partial charge in [-0.1, -0.05) is 53.0 Å². The summed E-state index contributed by atoms with van der Waals surface area (Å²) in [5.74, 6) is -0.589. The lowest BCUT2D eigenvalue weighted by atomic mass is 10.1. The van der Waals surface area contributed by atoms with Crippen LogP contribution >= 0.6 is 46.4 Å². The fourth-order valence-electron chi connectivity index (χ4n) is 2.80. The molecule has 0 bridgehead atoms. The highest BCUT2D eigenvalue weighted by Crippen LogP contribution is 2.30. The third-order valence-electron chi connectivity index (χ3n) is 4.37. The number of aryl methyl sites for hydroxylation is 2. The second-order valence-corrected chi connectivity index (χ2v) is 8.37. The molecule has 0 saturated heterocycles. The van der Waals surface area contributed by atoms with E-state index in [1.807, 2.05) is 25.1 Å². The molecule has 1 unspecified atom stereocenters. The van der Waals surface area contributed by atoms with Crippen LogP contribution in [0.15, 0.2) is 47.5 Å². The van der Waals surface area contributed by atoms with Gasteiger partial charge in [0.15, 0.2) is 11.6 Å². The largest absolute Gasteiger partial charge is 0.434 e. The van der Waals surface area contributed by atoms with Crippen molar-refractivity contribution in [2.24, 2.45) is 4.99 Å². The predicted molar refractivity (Wildman–Crippen MR) is 125 cm³/mol. The van der Waals surface area contributed by atoms with E-state index >= 15 is 0 Å². The Balaban J connectivity index is 1.91. The molecule has 0 amide bonds. The molecular formula is C22H18Cl4FN3O. The van der Waals surface area contributed by atoms with E-state index in [2.05, 4.69) is 15.2 Å². The van der Waals surface area contributed by atoms with Crippen molar-refractivity contribution < 1.29 is 9.13 Å². The lowest BCUT2D eigenvalue weighted by Gasteiger charge is -2.14. The van der Waals surface area contributed by atoms with Crippen LogP contribution in [0.25, 0.3) is 0 Å². The van der Waals surface area contributed by atoms with Crippen LogP contribution < -0.4 is 4.74 Å². The van der Waals surface area contributed by atoms with Gasteiger partial charge >= 0.3 is 0 Å². The second kappa shape index (κ2) is 10.6. The van der Waals surface area contributed by atoms with Crippen LogP contribution in [0.4, 0.5) is 4.39 Å². The van der Waals surface area contributed by atoms with E-state index in [0.717, 1.165) is 11.1 Å². The Morgan fingerprint density at radius 2 is 1.87 bits per heavy atom. The Kier molecular flexibility index (Phi) is 8.11. The molecule has 0 aliphatic carbocycles. The molecule has 4 nitrogen and oxygen atoms in total. The second-order valence-electron chi connectivity index (χ2n) is 6.89. The standard InChI is InChI=1S/C22H18Cl4FN3O/c1-12-6-7-14(18(25)8-12)10-15(11-23)28-21(26)16-9-13(2)29-30-22(16)31-19-5-3-4-17(24)20(19)27/h3-9,15H,10-11H2,1-2H3. The van der Waals surface area contributed by atoms with Crippen LogP contribution in [0.2, 0.25) is 10.0 Å². The lowest BCUT2D eigenvalue weighted by Crippen LogP contribution is -2.14. The molecule has 9 heteroatoms. The number of hydrogen-bond acceptors (Lipinski definition) is 4. The van der Waals surface area contributed by atoms with Gasteiger partial charge in [-0.05, 0) is 55.7 Å². The third kappa shape index (κ3) is 6.07. The van der Waals surface area contributed by atoms with Crippen molar-refractivity contribution in [3.8, 4) is 11.6 Å². The molecule has 1 heterocycles. The van der Waals surface area contributed by atoms with Crippen molar-refractivity contribution in [2.45, 2.75) is 26.3 Å². The van der Waals surface area contributed by atoms with Crippen molar-refractivity contribution in [3.63, 3.8) is 0 Å². The predicted octanol–water partition coefficient (Wildman–Crippen LogP) is 7.17. The number of aliphatic imine (C=N–C) groups is 1. The first kappa shape index (κ1) is 23.7. The normalized spacial score (nSPS) is 12.7. The van der Waals surface area contributed by atoms with E-state index in [-0.39, 0.29) is 33.7 Å². The molecule has 2 aromatic carbocycles. The van der Waals surface area contributed by atoms with Gasteiger partial charge in [-0.3, -0.25) is 4.99 Å². The summed E-state index contributed by atoms with van der Waals surface area (Å²) in [4.78, 5) is 4.53. The van der Waals surface area contributed by atoms with Crippen molar-refractivity contribution in [1.29, 1.82) is 0 Å². The Labute approximate surface area is 200 Å². The molecule has 0 radical (unpaired) electrons. The summed E-state index contributed by atoms with van der Waals surface area (Å²) in [5, 5.41) is 8.66. The molecule has 1 atom stereocenters. The van der Waals surface area contributed by atoms with Crippen molar-refractivity contribution in [1.82, 2.24) is 10.2 Å². The minimum Gasteiger partial charge on any atom is -0.434 e. The number of ether oxygens (including phenoxy) is 1. The van der Waals surface area contributed by atoms with Crippen LogP contribution in [-0.2, 0) is 6.42 Å². The monoisotopic (exact) mass is 499 g/mol. The summed E-state index contributed by atoms with van der Waals surface area (Å²) < 4.78 is 19.9. The van der Waals surface area contributed by atoms with Crippen LogP contribution in [0.3, 0.4) is 0 Å². The number of hydrogen-bond donors (Lipinski definition) is 0. The summed E-state index contributed by atoms with van der Waals surface area (Å²) in [6.07, 6.45) is 0.495. The SMILES string of the molecule is Cc1ccc(CC(CCl)N=C(Cl)c2cc(C)nnc2Oc2cccc(Cl)c2F)c(Cl)c1. The van der Waals surface area contributed by atoms with E-state index in [1.165, 1.54) is 12.1 Å². The zero-order valence-corrected chi connectivity index (χ0v) is 19.7. The smallest absolute Gasteiger partial charge is 0.249 e. The molecular weight excluding hydrogens is 483 g/mol. The Morgan fingerprint density at radius 3 is 2.58 bits per heavy atom. The van der Waals surface area contributed by atoms with Gasteiger partial charge in [-0.25, -0.2) is 4.39 Å². The molecule has 3 rings (SSSR count). The van der Waals surface area contributed by atoms with Gasteiger partial charge in [0.05, 0.1) is 22.3 Å². The minimum absolute atomic E-state index is 0.00204. The lowest BCUT2D eigenvalue weighted by molar-refractivity contribution is 0.420. The first-order chi connectivity index (χ1) is 14.8. The Hall–Kier alpha value is -1.92. The van der Waals surface area contributed by atoms with Crippen LogP contribution in [0.1, 0.15) is 22.4 Å². The Bertz CT molecular complexity index is 1120. The average Bonchev–Trinajstić information content (AvgIpc) is 2.73. The fourth-order valence-corrected chi connectivity index (χ4v) is 3.73. The maximum absolute atomic E-state index is 14.3. The third-order valence-corrected chi connectivity index (χ3v) is 5.67. The van der Waals surface area contributed by atoms with Crippen LogP contribution in [0.5, 0.6) is 11.6 Å². The molecule has 0 saturated carbocycles. The van der Waals surface area contributed by atoms with Gasteiger partial charge in [-0.2, -0.15) is 5.10 Å². The van der Waals surface area contributed by atoms with E-state index in [0.29, 0.717) is 22.7 Å². The Morgan fingerprint density at radius 1 is 1.10 bits per heavy atom. The quantitative estimate of drug-likeness (QED) is 0.255. The molecule has 0 fully saturated rings. The first-order valence-corrected chi connectivity index (χ1v) is 11.0. The zero-order chi connectivity index (χ0) is 22.5. The number of halogens is 5. The van der Waals surface area contributed by atoms with Gasteiger partial charge < -0.3 is 4.74 Å². The van der Waals surface area contributed by atoms with E-state index in [1.54, 1.807) is 19.1 Å². The van der Waals surface area contributed by atoms with Gasteiger partial charge in [0.25, 0.3) is 0 Å². The molecule has 162 valence electrons. The highest BCUT2D eigenvalue weighted by molar-refractivity contribution is 6.69. The zero-order valence-electron chi connectivity index (χ0n) is 16.7. The highest BCUT2D eigenvalue weighted by Gasteiger charge is 2.18. The van der Waals surface area contributed by atoms with Crippen LogP contribution in [0, 0.1) is 19.7 Å². The number of nitrogens with zero attached hydrogens (tertiary/aromatic N) is 3. The van der Waals surface area contributed by atoms with E-state index in [4.69, 9.17) is 51.1 Å². The minimum atomic E-state index is -0.710. The molecule has 0 spiro atoms. The number of alkyl halides is 1. The topological polar surface area (TPSA) is 47.4 Å². The maximum atomic E-state index is 14.3. The van der Waals surface area contributed by atoms with Gasteiger partial charge in [0.2, 0.25) is 5.88 Å². The molecule has 3 aromatic rings. The summed E-state index contributed by atoms with van der Waals surface area (Å²) in [6.45, 7) is 3.71. The fraction of sp³-hybridized carbons (Fsp3) is 0.227.